The zero-order valence-corrected chi connectivity index (χ0v) is 11.4. The van der Waals surface area contributed by atoms with Gasteiger partial charge in [-0.15, -0.1) is 0 Å². The molecule has 0 aliphatic rings. The zero-order chi connectivity index (χ0) is 13.8. The van der Waals surface area contributed by atoms with E-state index in [1.54, 1.807) is 7.11 Å². The molecule has 3 heteroatoms. The Morgan fingerprint density at radius 1 is 1.00 bits per heavy atom. The zero-order valence-electron chi connectivity index (χ0n) is 11.4. The molecule has 0 aromatic heterocycles. The average molecular weight is 255 g/mol. The van der Waals surface area contributed by atoms with Gasteiger partial charge in [-0.05, 0) is 50.2 Å². The van der Waals surface area contributed by atoms with Gasteiger partial charge in [0.1, 0.15) is 5.75 Å². The third-order valence-electron chi connectivity index (χ3n) is 2.83. The number of rotatable bonds is 3. The highest BCUT2D eigenvalue weighted by atomic mass is 16.5. The number of benzene rings is 2. The van der Waals surface area contributed by atoms with Gasteiger partial charge in [0.2, 0.25) is 0 Å². The van der Waals surface area contributed by atoms with E-state index in [0.717, 1.165) is 22.6 Å². The predicted octanol–water partition coefficient (Wildman–Crippen LogP) is 3.56. The minimum absolute atomic E-state index is 0.100. The van der Waals surface area contributed by atoms with Crippen molar-refractivity contribution in [3.05, 3.63) is 59.2 Å². The van der Waals surface area contributed by atoms with Crippen molar-refractivity contribution in [2.75, 3.05) is 12.4 Å². The quantitative estimate of drug-likeness (QED) is 0.910. The number of nitrogens with one attached hydrogen (secondary N) is 1. The molecule has 0 heterocycles. The topological polar surface area (TPSA) is 38.3 Å². The van der Waals surface area contributed by atoms with Crippen LogP contribution in [0.4, 0.5) is 5.69 Å². The molecule has 0 saturated heterocycles. The van der Waals surface area contributed by atoms with E-state index in [4.69, 9.17) is 4.74 Å². The van der Waals surface area contributed by atoms with E-state index in [9.17, 15) is 4.79 Å². The van der Waals surface area contributed by atoms with Crippen molar-refractivity contribution in [1.29, 1.82) is 0 Å². The summed E-state index contributed by atoms with van der Waals surface area (Å²) in [5.74, 6) is 0.668. The molecular formula is C16H17NO2. The minimum Gasteiger partial charge on any atom is -0.497 e. The molecule has 1 N–H and O–H groups in total. The van der Waals surface area contributed by atoms with Crippen LogP contribution < -0.4 is 10.1 Å². The Hall–Kier alpha value is -2.29. The molecule has 3 nitrogen and oxygen atoms in total. The van der Waals surface area contributed by atoms with Crippen molar-refractivity contribution >= 4 is 11.6 Å². The first-order chi connectivity index (χ1) is 9.08. The van der Waals surface area contributed by atoms with Gasteiger partial charge in [-0.3, -0.25) is 4.79 Å². The number of hydrogen-bond acceptors (Lipinski definition) is 2. The summed E-state index contributed by atoms with van der Waals surface area (Å²) in [6.45, 7) is 3.97. The third-order valence-corrected chi connectivity index (χ3v) is 2.83. The molecule has 2 aromatic rings. The van der Waals surface area contributed by atoms with Gasteiger partial charge in [0.15, 0.2) is 0 Å². The van der Waals surface area contributed by atoms with E-state index < -0.39 is 0 Å². The summed E-state index contributed by atoms with van der Waals surface area (Å²) < 4.78 is 5.08. The molecule has 0 aliphatic heterocycles. The Morgan fingerprint density at radius 2 is 1.58 bits per heavy atom. The van der Waals surface area contributed by atoms with Gasteiger partial charge in [-0.25, -0.2) is 0 Å². The monoisotopic (exact) mass is 255 g/mol. The highest BCUT2D eigenvalue weighted by molar-refractivity contribution is 6.04. The first-order valence-corrected chi connectivity index (χ1v) is 6.12. The minimum atomic E-state index is -0.100. The second-order valence-electron chi connectivity index (χ2n) is 4.56. The van der Waals surface area contributed by atoms with Crippen LogP contribution in [0, 0.1) is 13.8 Å². The summed E-state index contributed by atoms with van der Waals surface area (Å²) in [6, 6.07) is 13.1. The highest BCUT2D eigenvalue weighted by Crippen LogP contribution is 2.16. The molecule has 0 saturated carbocycles. The average Bonchev–Trinajstić information content (AvgIpc) is 2.38. The van der Waals surface area contributed by atoms with Crippen molar-refractivity contribution in [2.24, 2.45) is 0 Å². The van der Waals surface area contributed by atoms with Crippen LogP contribution in [0.15, 0.2) is 42.5 Å². The van der Waals surface area contributed by atoms with Crippen LogP contribution in [0.3, 0.4) is 0 Å². The molecule has 1 amide bonds. The van der Waals surface area contributed by atoms with Gasteiger partial charge in [0.25, 0.3) is 5.91 Å². The lowest BCUT2D eigenvalue weighted by Crippen LogP contribution is -2.12. The van der Waals surface area contributed by atoms with Crippen molar-refractivity contribution in [1.82, 2.24) is 0 Å². The molecule has 2 aromatic carbocycles. The fourth-order valence-electron chi connectivity index (χ4n) is 1.98. The number of aryl methyl sites for hydroxylation is 2. The molecule has 0 unspecified atom stereocenters. The highest BCUT2D eigenvalue weighted by Gasteiger charge is 2.07. The van der Waals surface area contributed by atoms with Crippen LogP contribution in [-0.2, 0) is 0 Å². The molecule has 0 aliphatic carbocycles. The van der Waals surface area contributed by atoms with Gasteiger partial charge in [0, 0.05) is 11.3 Å². The summed E-state index contributed by atoms with van der Waals surface area (Å²) in [5, 5.41) is 2.87. The van der Waals surface area contributed by atoms with Gasteiger partial charge >= 0.3 is 0 Å². The molecule has 0 radical (unpaired) electrons. The first kappa shape index (κ1) is 13.1. The molecule has 0 spiro atoms. The molecule has 0 fully saturated rings. The van der Waals surface area contributed by atoms with Crippen LogP contribution in [0.25, 0.3) is 0 Å². The maximum absolute atomic E-state index is 12.1. The molecule has 0 bridgehead atoms. The number of hydrogen-bond donors (Lipinski definition) is 1. The second-order valence-corrected chi connectivity index (χ2v) is 4.56. The number of carbonyl (C=O) groups is 1. The van der Waals surface area contributed by atoms with Crippen molar-refractivity contribution in [3.8, 4) is 5.75 Å². The van der Waals surface area contributed by atoms with Crippen molar-refractivity contribution < 1.29 is 9.53 Å². The SMILES string of the molecule is COc1ccc(NC(=O)c2cc(C)cc(C)c2)cc1. The number of anilines is 1. The standard InChI is InChI=1S/C16H17NO2/c1-11-8-12(2)10-13(9-11)16(18)17-14-4-6-15(19-3)7-5-14/h4-10H,1-3H3,(H,17,18). The normalized spacial score (nSPS) is 10.1. The molecule has 98 valence electrons. The van der Waals surface area contributed by atoms with Crippen molar-refractivity contribution in [2.45, 2.75) is 13.8 Å². The maximum atomic E-state index is 12.1. The fraction of sp³-hybridized carbons (Fsp3) is 0.188. The van der Waals surface area contributed by atoms with E-state index in [1.807, 2.05) is 56.3 Å². The predicted molar refractivity (Wildman–Crippen MR) is 76.9 cm³/mol. The molecule has 2 rings (SSSR count). The van der Waals surface area contributed by atoms with Gasteiger partial charge in [0.05, 0.1) is 7.11 Å². The molecule has 19 heavy (non-hydrogen) atoms. The lowest BCUT2D eigenvalue weighted by molar-refractivity contribution is 0.102. The van der Waals surface area contributed by atoms with E-state index in [0.29, 0.717) is 5.56 Å². The van der Waals surface area contributed by atoms with E-state index in [2.05, 4.69) is 5.32 Å². The Bertz CT molecular complexity index is 568. The Kier molecular flexibility index (Phi) is 3.85. The smallest absolute Gasteiger partial charge is 0.255 e. The lowest BCUT2D eigenvalue weighted by Gasteiger charge is -2.08. The van der Waals surface area contributed by atoms with E-state index in [-0.39, 0.29) is 5.91 Å². The third kappa shape index (κ3) is 3.35. The fourth-order valence-corrected chi connectivity index (χ4v) is 1.98. The maximum Gasteiger partial charge on any atom is 0.255 e. The molecule has 0 atom stereocenters. The number of methoxy groups -OCH3 is 1. The summed E-state index contributed by atoms with van der Waals surface area (Å²) in [5.41, 5.74) is 3.60. The lowest BCUT2D eigenvalue weighted by atomic mass is 10.1. The van der Waals surface area contributed by atoms with E-state index in [1.165, 1.54) is 0 Å². The summed E-state index contributed by atoms with van der Waals surface area (Å²) >= 11 is 0. The Morgan fingerprint density at radius 3 is 2.11 bits per heavy atom. The van der Waals surface area contributed by atoms with Crippen molar-refractivity contribution in [3.63, 3.8) is 0 Å². The van der Waals surface area contributed by atoms with Gasteiger partial charge in [-0.2, -0.15) is 0 Å². The summed E-state index contributed by atoms with van der Waals surface area (Å²) in [7, 11) is 1.61. The molecular weight excluding hydrogens is 238 g/mol. The Balaban J connectivity index is 2.15. The van der Waals surface area contributed by atoms with Crippen LogP contribution in [0.2, 0.25) is 0 Å². The number of ether oxygens (including phenoxy) is 1. The van der Waals surface area contributed by atoms with E-state index >= 15 is 0 Å². The largest absolute Gasteiger partial charge is 0.497 e. The first-order valence-electron chi connectivity index (χ1n) is 6.12. The van der Waals surface area contributed by atoms with Gasteiger partial charge < -0.3 is 10.1 Å². The van der Waals surface area contributed by atoms with Gasteiger partial charge in [-0.1, -0.05) is 17.2 Å². The number of carbonyl (C=O) groups excluding carboxylic acids is 1. The summed E-state index contributed by atoms with van der Waals surface area (Å²) in [4.78, 5) is 12.1. The van der Waals surface area contributed by atoms with Crippen LogP contribution in [0.5, 0.6) is 5.75 Å². The Labute approximate surface area is 113 Å². The second kappa shape index (κ2) is 5.57. The summed E-state index contributed by atoms with van der Waals surface area (Å²) in [6.07, 6.45) is 0. The van der Waals surface area contributed by atoms with Crippen LogP contribution >= 0.6 is 0 Å². The number of amides is 1. The van der Waals surface area contributed by atoms with Crippen LogP contribution in [-0.4, -0.2) is 13.0 Å². The van der Waals surface area contributed by atoms with Crippen LogP contribution in [0.1, 0.15) is 21.5 Å².